The molecule has 0 radical (unpaired) electrons. The second kappa shape index (κ2) is 7.39. The molecule has 0 bridgehead atoms. The van der Waals surface area contributed by atoms with E-state index in [0.29, 0.717) is 10.9 Å². The zero-order valence-electron chi connectivity index (χ0n) is 11.7. The average Bonchev–Trinajstić information content (AvgIpc) is 2.25. The van der Waals surface area contributed by atoms with Gasteiger partial charge in [-0.3, -0.25) is 0 Å². The van der Waals surface area contributed by atoms with Crippen LogP contribution in [0.4, 0.5) is 0 Å². The van der Waals surface area contributed by atoms with Crippen molar-refractivity contribution in [2.24, 2.45) is 0 Å². The van der Waals surface area contributed by atoms with E-state index in [0.717, 1.165) is 18.2 Å². The second-order valence-corrected chi connectivity index (χ2v) is 6.79. The molecular weight excluding hydrogens is 338 g/mol. The van der Waals surface area contributed by atoms with Crippen LogP contribution in [-0.4, -0.2) is 25.9 Å². The van der Waals surface area contributed by atoms with E-state index in [1.807, 2.05) is 0 Å². The van der Waals surface area contributed by atoms with Gasteiger partial charge in [0.25, 0.3) is 0 Å². The molecule has 0 amide bonds. The van der Waals surface area contributed by atoms with Crippen molar-refractivity contribution in [2.75, 3.05) is 0 Å². The zero-order valence-corrected chi connectivity index (χ0v) is 17.3. The maximum Gasteiger partial charge on any atom is 1.00 e. The molecule has 2 rings (SSSR count). The molecule has 0 fully saturated rings. The molecule has 0 aliphatic rings. The number of fused-ring (bicyclic) bond motifs is 1. The van der Waals surface area contributed by atoms with Gasteiger partial charge in [0.1, 0.15) is 20.2 Å². The summed E-state index contributed by atoms with van der Waals surface area (Å²) >= 11 is 0. The predicted molar refractivity (Wildman–Crippen MR) is 64.6 cm³/mol. The fraction of sp³-hybridized carbons (Fsp3) is 0.0909. The van der Waals surface area contributed by atoms with Crippen molar-refractivity contribution in [2.45, 2.75) is 16.7 Å². The van der Waals surface area contributed by atoms with Gasteiger partial charge >= 0.3 is 59.1 Å². The molecule has 2 aromatic rings. The Hall–Kier alpha value is 0.520. The quantitative estimate of drug-likeness (QED) is 0.397. The fourth-order valence-electron chi connectivity index (χ4n) is 1.81. The van der Waals surface area contributed by atoms with Crippen LogP contribution in [0.15, 0.2) is 40.1 Å². The van der Waals surface area contributed by atoms with Crippen LogP contribution in [0.1, 0.15) is 5.56 Å². The summed E-state index contributed by atoms with van der Waals surface area (Å²) in [7, 11) is -9.28. The van der Waals surface area contributed by atoms with Crippen molar-refractivity contribution < 1.29 is 85.1 Å². The maximum absolute atomic E-state index is 11.0. The maximum atomic E-state index is 11.0. The number of benzene rings is 2. The van der Waals surface area contributed by atoms with Crippen molar-refractivity contribution in [1.82, 2.24) is 0 Å². The summed E-state index contributed by atoms with van der Waals surface area (Å²) in [6, 6.07) is 5.86. The molecule has 6 nitrogen and oxygen atoms in total. The van der Waals surface area contributed by atoms with Gasteiger partial charge in [-0.1, -0.05) is 6.07 Å². The van der Waals surface area contributed by atoms with E-state index in [4.69, 9.17) is 0 Å². The molecule has 10 heteroatoms. The molecule has 0 saturated heterocycles. The van der Waals surface area contributed by atoms with Crippen LogP contribution in [0.25, 0.3) is 10.8 Å². The molecule has 0 aromatic heterocycles. The smallest absolute Gasteiger partial charge is 0.744 e. The van der Waals surface area contributed by atoms with E-state index in [9.17, 15) is 25.9 Å². The van der Waals surface area contributed by atoms with Gasteiger partial charge in [0.15, 0.2) is 0 Å². The molecule has 0 aliphatic heterocycles. The second-order valence-electron chi connectivity index (χ2n) is 4.03. The minimum absolute atomic E-state index is 0. The Kier molecular flexibility index (Phi) is 7.58. The van der Waals surface area contributed by atoms with Crippen LogP contribution < -0.4 is 59.1 Å². The first kappa shape index (κ1) is 21.5. The molecule has 0 saturated carbocycles. The largest absolute Gasteiger partial charge is 1.00 e. The summed E-state index contributed by atoms with van der Waals surface area (Å²) in [6.45, 7) is 1.59. The Morgan fingerprint density at radius 2 is 1.29 bits per heavy atom. The number of rotatable bonds is 2. The molecule has 0 spiro atoms. The van der Waals surface area contributed by atoms with E-state index in [1.165, 1.54) is 12.1 Å². The number of aryl methyl sites for hydroxylation is 1. The molecular formula is C11H8Na2O6S2. The van der Waals surface area contributed by atoms with Crippen LogP contribution in [0.2, 0.25) is 0 Å². The fourth-order valence-corrected chi connectivity index (χ4v) is 2.90. The van der Waals surface area contributed by atoms with Gasteiger partial charge < -0.3 is 9.11 Å². The first-order valence-electron chi connectivity index (χ1n) is 5.05. The Labute approximate surface area is 167 Å². The summed E-state index contributed by atoms with van der Waals surface area (Å²) in [5.41, 5.74) is 0.502. The Balaban J connectivity index is 0.00000200. The van der Waals surface area contributed by atoms with Crippen molar-refractivity contribution >= 4 is 31.0 Å². The summed E-state index contributed by atoms with van der Waals surface area (Å²) in [5.74, 6) is 0. The molecule has 102 valence electrons. The van der Waals surface area contributed by atoms with E-state index < -0.39 is 30.0 Å². The third-order valence-corrected chi connectivity index (χ3v) is 4.33. The van der Waals surface area contributed by atoms with Gasteiger partial charge in [0, 0.05) is 0 Å². The Morgan fingerprint density at radius 1 is 0.810 bits per heavy atom. The molecule has 0 N–H and O–H groups in total. The van der Waals surface area contributed by atoms with E-state index >= 15 is 0 Å². The molecule has 0 atom stereocenters. The van der Waals surface area contributed by atoms with Gasteiger partial charge in [-0.05, 0) is 47.5 Å². The monoisotopic (exact) mass is 346 g/mol. The van der Waals surface area contributed by atoms with Gasteiger partial charge in [-0.15, -0.1) is 0 Å². The first-order chi connectivity index (χ1) is 8.59. The van der Waals surface area contributed by atoms with Crippen molar-refractivity contribution in [3.05, 3.63) is 35.9 Å². The standard InChI is InChI=1S/C11H10O6S2.2Na/c1-7-4-10(19(15,16)17)6-8-5-9(18(12,13)14)2-3-11(7)8;;/h2-6H,1H3,(H,12,13,14)(H,15,16,17);;/q;2*+1/p-2. The van der Waals surface area contributed by atoms with Crippen LogP contribution >= 0.6 is 0 Å². The van der Waals surface area contributed by atoms with Crippen LogP contribution in [0, 0.1) is 6.92 Å². The number of hydrogen-bond acceptors (Lipinski definition) is 6. The normalized spacial score (nSPS) is 11.6. The van der Waals surface area contributed by atoms with E-state index in [-0.39, 0.29) is 64.5 Å². The molecule has 0 aliphatic carbocycles. The van der Waals surface area contributed by atoms with Crippen LogP contribution in [0.3, 0.4) is 0 Å². The topological polar surface area (TPSA) is 114 Å². The Bertz CT molecular complexity index is 870. The molecule has 21 heavy (non-hydrogen) atoms. The first-order valence-corrected chi connectivity index (χ1v) is 7.87. The summed E-state index contributed by atoms with van der Waals surface area (Å²) in [4.78, 5) is -0.933. The summed E-state index contributed by atoms with van der Waals surface area (Å²) < 4.78 is 65.6. The summed E-state index contributed by atoms with van der Waals surface area (Å²) in [5, 5.41) is 0.783. The average molecular weight is 346 g/mol. The minimum atomic E-state index is -4.64. The molecule has 0 heterocycles. The van der Waals surface area contributed by atoms with Gasteiger partial charge in [-0.25, -0.2) is 16.8 Å². The van der Waals surface area contributed by atoms with Gasteiger partial charge in [-0.2, -0.15) is 0 Å². The van der Waals surface area contributed by atoms with Crippen molar-refractivity contribution in [3.8, 4) is 0 Å². The minimum Gasteiger partial charge on any atom is -0.744 e. The summed E-state index contributed by atoms with van der Waals surface area (Å²) in [6.07, 6.45) is 0. The molecule has 0 unspecified atom stereocenters. The number of hydrogen-bond donors (Lipinski definition) is 0. The zero-order chi connectivity index (χ0) is 14.4. The van der Waals surface area contributed by atoms with Crippen molar-refractivity contribution in [3.63, 3.8) is 0 Å². The van der Waals surface area contributed by atoms with Crippen molar-refractivity contribution in [1.29, 1.82) is 0 Å². The SMILES string of the molecule is Cc1cc(S(=O)(=O)[O-])cc2cc(S(=O)(=O)[O-])ccc12.[Na+].[Na+]. The third-order valence-electron chi connectivity index (χ3n) is 2.68. The third kappa shape index (κ3) is 5.00. The van der Waals surface area contributed by atoms with E-state index in [2.05, 4.69) is 0 Å². The van der Waals surface area contributed by atoms with Crippen LogP contribution in [0.5, 0.6) is 0 Å². The van der Waals surface area contributed by atoms with Crippen LogP contribution in [-0.2, 0) is 20.2 Å². The predicted octanol–water partition coefficient (Wildman–Crippen LogP) is -5.04. The van der Waals surface area contributed by atoms with Gasteiger partial charge in [0.2, 0.25) is 0 Å². The van der Waals surface area contributed by atoms with E-state index in [1.54, 1.807) is 6.92 Å². The Morgan fingerprint density at radius 3 is 1.76 bits per heavy atom. The van der Waals surface area contributed by atoms with Gasteiger partial charge in [0.05, 0.1) is 9.79 Å². The molecule has 2 aromatic carbocycles.